The second kappa shape index (κ2) is 4.06. The van der Waals surface area contributed by atoms with Gasteiger partial charge in [0.25, 0.3) is 0 Å². The van der Waals surface area contributed by atoms with E-state index in [0.29, 0.717) is 0 Å². The molecule has 0 saturated carbocycles. The summed E-state index contributed by atoms with van der Waals surface area (Å²) >= 11 is 0. The molecule has 0 aliphatic carbocycles. The molecular weight excluding hydrogens is 150 g/mol. The van der Waals surface area contributed by atoms with Gasteiger partial charge in [0.2, 0.25) is 0 Å². The molecule has 2 heteroatoms. The molecule has 0 spiro atoms. The number of nitrogens with two attached hydrogens (primary N) is 1. The van der Waals surface area contributed by atoms with Crippen LogP contribution in [0, 0.1) is 5.41 Å². The lowest BCUT2D eigenvalue weighted by atomic mass is 9.75. The van der Waals surface area contributed by atoms with Crippen LogP contribution in [0.5, 0.6) is 0 Å². The van der Waals surface area contributed by atoms with E-state index in [0.717, 1.165) is 39.0 Å². The standard InChI is InChI=1S/C10H19NO/c1-9(3-6-11)10(2)4-7-12-8-5-10/h1,3-8,11H2,2H3. The lowest BCUT2D eigenvalue weighted by Gasteiger charge is -2.35. The fourth-order valence-corrected chi connectivity index (χ4v) is 1.65. The summed E-state index contributed by atoms with van der Waals surface area (Å²) in [6.07, 6.45) is 3.16. The molecule has 12 heavy (non-hydrogen) atoms. The third kappa shape index (κ3) is 2.08. The Hall–Kier alpha value is -0.340. The zero-order chi connectivity index (χ0) is 9.03. The minimum absolute atomic E-state index is 0.289. The molecule has 0 radical (unpaired) electrons. The first-order chi connectivity index (χ1) is 5.69. The third-order valence-corrected chi connectivity index (χ3v) is 2.90. The van der Waals surface area contributed by atoms with E-state index in [1.165, 1.54) is 5.57 Å². The Morgan fingerprint density at radius 1 is 1.50 bits per heavy atom. The zero-order valence-corrected chi connectivity index (χ0v) is 7.94. The van der Waals surface area contributed by atoms with E-state index in [-0.39, 0.29) is 5.41 Å². The van der Waals surface area contributed by atoms with Crippen LogP contribution in [0.4, 0.5) is 0 Å². The van der Waals surface area contributed by atoms with Gasteiger partial charge in [0.05, 0.1) is 0 Å². The highest BCUT2D eigenvalue weighted by Gasteiger charge is 2.29. The highest BCUT2D eigenvalue weighted by atomic mass is 16.5. The molecule has 70 valence electrons. The molecule has 0 aromatic carbocycles. The molecule has 0 aromatic heterocycles. The first kappa shape index (κ1) is 9.75. The van der Waals surface area contributed by atoms with Crippen molar-refractivity contribution >= 4 is 0 Å². The third-order valence-electron chi connectivity index (χ3n) is 2.90. The van der Waals surface area contributed by atoms with Gasteiger partial charge < -0.3 is 10.5 Å². The zero-order valence-electron chi connectivity index (χ0n) is 7.94. The normalized spacial score (nSPS) is 22.2. The molecule has 1 aliphatic heterocycles. The lowest BCUT2D eigenvalue weighted by molar-refractivity contribution is 0.0391. The number of rotatable bonds is 3. The van der Waals surface area contributed by atoms with Gasteiger partial charge in [-0.2, -0.15) is 0 Å². The number of ether oxygens (including phenoxy) is 1. The molecule has 1 aliphatic rings. The molecule has 1 rings (SSSR count). The van der Waals surface area contributed by atoms with Crippen molar-refractivity contribution in [3.05, 3.63) is 12.2 Å². The van der Waals surface area contributed by atoms with Crippen LogP contribution in [0.1, 0.15) is 26.2 Å². The Morgan fingerprint density at radius 2 is 2.08 bits per heavy atom. The van der Waals surface area contributed by atoms with Crippen molar-refractivity contribution in [1.82, 2.24) is 0 Å². The summed E-state index contributed by atoms with van der Waals surface area (Å²) in [5.41, 5.74) is 7.09. The van der Waals surface area contributed by atoms with E-state index in [1.807, 2.05) is 0 Å². The van der Waals surface area contributed by atoms with Crippen LogP contribution in [0.25, 0.3) is 0 Å². The smallest absolute Gasteiger partial charge is 0.0474 e. The largest absolute Gasteiger partial charge is 0.381 e. The van der Waals surface area contributed by atoms with Gasteiger partial charge >= 0.3 is 0 Å². The SMILES string of the molecule is C=C(CCN)C1(C)CCOCC1. The van der Waals surface area contributed by atoms with Crippen LogP contribution in [0.2, 0.25) is 0 Å². The Kier molecular flexibility index (Phi) is 3.29. The summed E-state index contributed by atoms with van der Waals surface area (Å²) in [6, 6.07) is 0. The van der Waals surface area contributed by atoms with Gasteiger partial charge in [-0.25, -0.2) is 0 Å². The predicted octanol–water partition coefficient (Wildman–Crippen LogP) is 1.71. The fraction of sp³-hybridized carbons (Fsp3) is 0.800. The predicted molar refractivity (Wildman–Crippen MR) is 51.0 cm³/mol. The Balaban J connectivity index is 2.50. The quantitative estimate of drug-likeness (QED) is 0.653. The Bertz CT molecular complexity index is 159. The summed E-state index contributed by atoms with van der Waals surface area (Å²) < 4.78 is 5.32. The van der Waals surface area contributed by atoms with Crippen molar-refractivity contribution in [2.45, 2.75) is 26.2 Å². The van der Waals surface area contributed by atoms with E-state index in [1.54, 1.807) is 0 Å². The van der Waals surface area contributed by atoms with Crippen molar-refractivity contribution in [1.29, 1.82) is 0 Å². The molecule has 2 nitrogen and oxygen atoms in total. The van der Waals surface area contributed by atoms with Gasteiger partial charge in [0, 0.05) is 13.2 Å². The van der Waals surface area contributed by atoms with Gasteiger partial charge in [0.1, 0.15) is 0 Å². The maximum Gasteiger partial charge on any atom is 0.0474 e. The molecule has 0 amide bonds. The van der Waals surface area contributed by atoms with Crippen LogP contribution >= 0.6 is 0 Å². The fourth-order valence-electron chi connectivity index (χ4n) is 1.65. The first-order valence-corrected chi connectivity index (χ1v) is 4.65. The van der Waals surface area contributed by atoms with Crippen LogP contribution in [-0.4, -0.2) is 19.8 Å². The van der Waals surface area contributed by atoms with Gasteiger partial charge in [-0.05, 0) is 31.2 Å². The van der Waals surface area contributed by atoms with E-state index >= 15 is 0 Å². The van der Waals surface area contributed by atoms with E-state index < -0.39 is 0 Å². The Morgan fingerprint density at radius 3 is 2.58 bits per heavy atom. The molecule has 1 fully saturated rings. The molecule has 2 N–H and O–H groups in total. The molecule has 1 saturated heterocycles. The summed E-state index contributed by atoms with van der Waals surface area (Å²) in [6.45, 7) is 8.84. The monoisotopic (exact) mass is 169 g/mol. The maximum atomic E-state index is 5.50. The van der Waals surface area contributed by atoms with Gasteiger partial charge in [0.15, 0.2) is 0 Å². The Labute approximate surface area is 74.8 Å². The minimum atomic E-state index is 0.289. The molecule has 0 unspecified atom stereocenters. The van der Waals surface area contributed by atoms with Crippen molar-refractivity contribution in [2.24, 2.45) is 11.1 Å². The second-order valence-electron chi connectivity index (χ2n) is 3.82. The number of hydrogen-bond acceptors (Lipinski definition) is 2. The average Bonchev–Trinajstić information content (AvgIpc) is 2.06. The first-order valence-electron chi connectivity index (χ1n) is 4.65. The number of hydrogen-bond donors (Lipinski definition) is 1. The van der Waals surface area contributed by atoms with E-state index in [4.69, 9.17) is 10.5 Å². The van der Waals surface area contributed by atoms with E-state index in [9.17, 15) is 0 Å². The lowest BCUT2D eigenvalue weighted by Crippen LogP contribution is -2.29. The topological polar surface area (TPSA) is 35.2 Å². The second-order valence-corrected chi connectivity index (χ2v) is 3.82. The van der Waals surface area contributed by atoms with Gasteiger partial charge in [-0.1, -0.05) is 19.1 Å². The highest BCUT2D eigenvalue weighted by Crippen LogP contribution is 2.37. The molecule has 0 bridgehead atoms. The van der Waals surface area contributed by atoms with Crippen LogP contribution in [0.15, 0.2) is 12.2 Å². The van der Waals surface area contributed by atoms with Crippen LogP contribution < -0.4 is 5.73 Å². The van der Waals surface area contributed by atoms with Crippen molar-refractivity contribution in [2.75, 3.05) is 19.8 Å². The summed E-state index contributed by atoms with van der Waals surface area (Å²) in [5.74, 6) is 0. The van der Waals surface area contributed by atoms with Crippen LogP contribution in [-0.2, 0) is 4.74 Å². The van der Waals surface area contributed by atoms with E-state index in [2.05, 4.69) is 13.5 Å². The summed E-state index contributed by atoms with van der Waals surface area (Å²) in [5, 5.41) is 0. The molecule has 1 heterocycles. The van der Waals surface area contributed by atoms with Crippen molar-refractivity contribution < 1.29 is 4.74 Å². The highest BCUT2D eigenvalue weighted by molar-refractivity contribution is 5.09. The molecule has 0 atom stereocenters. The maximum absolute atomic E-state index is 5.50. The molecule has 0 aromatic rings. The summed E-state index contributed by atoms with van der Waals surface area (Å²) in [4.78, 5) is 0. The molecular formula is C10H19NO. The van der Waals surface area contributed by atoms with Crippen molar-refractivity contribution in [3.63, 3.8) is 0 Å². The average molecular weight is 169 g/mol. The van der Waals surface area contributed by atoms with Crippen LogP contribution in [0.3, 0.4) is 0 Å². The van der Waals surface area contributed by atoms with Gasteiger partial charge in [-0.15, -0.1) is 0 Å². The van der Waals surface area contributed by atoms with Crippen molar-refractivity contribution in [3.8, 4) is 0 Å². The summed E-state index contributed by atoms with van der Waals surface area (Å²) in [7, 11) is 0. The minimum Gasteiger partial charge on any atom is -0.381 e. The van der Waals surface area contributed by atoms with Gasteiger partial charge in [-0.3, -0.25) is 0 Å².